The summed E-state index contributed by atoms with van der Waals surface area (Å²) in [5.74, 6) is -1.64. The molecule has 1 aromatic carbocycles. The highest BCUT2D eigenvalue weighted by molar-refractivity contribution is 7.89. The van der Waals surface area contributed by atoms with E-state index in [9.17, 15) is 26.0 Å². The van der Waals surface area contributed by atoms with Gasteiger partial charge < -0.3 is 5.73 Å². The second-order valence-corrected chi connectivity index (χ2v) is 7.36. The molecule has 2 unspecified atom stereocenters. The van der Waals surface area contributed by atoms with Gasteiger partial charge in [0, 0.05) is 6.04 Å². The second-order valence-electron chi connectivity index (χ2n) is 5.65. The minimum Gasteiger partial charge on any atom is -0.330 e. The van der Waals surface area contributed by atoms with Crippen molar-refractivity contribution in [1.29, 1.82) is 0 Å². The molecule has 0 spiro atoms. The topological polar surface area (TPSA) is 72.2 Å². The van der Waals surface area contributed by atoms with Crippen LogP contribution in [0.1, 0.15) is 31.2 Å². The van der Waals surface area contributed by atoms with Gasteiger partial charge in [-0.05, 0) is 43.5 Å². The van der Waals surface area contributed by atoms with Crippen LogP contribution in [0.5, 0.6) is 0 Å². The lowest BCUT2D eigenvalue weighted by molar-refractivity contribution is -0.140. The molecule has 9 heteroatoms. The maximum atomic E-state index is 13.6. The van der Waals surface area contributed by atoms with Crippen molar-refractivity contribution in [1.82, 2.24) is 4.72 Å². The largest absolute Gasteiger partial charge is 0.419 e. The summed E-state index contributed by atoms with van der Waals surface area (Å²) in [6.07, 6.45) is -1.69. The number of hydrogen-bond donors (Lipinski definition) is 2. The molecule has 0 aliphatic heterocycles. The molecule has 4 nitrogen and oxygen atoms in total. The third kappa shape index (κ3) is 4.21. The molecule has 0 saturated heterocycles. The number of benzene rings is 1. The highest BCUT2D eigenvalue weighted by atomic mass is 32.2. The van der Waals surface area contributed by atoms with Gasteiger partial charge in [-0.25, -0.2) is 17.5 Å². The summed E-state index contributed by atoms with van der Waals surface area (Å²) in [5, 5.41) is 0. The fourth-order valence-electron chi connectivity index (χ4n) is 2.81. The van der Waals surface area contributed by atoms with Crippen LogP contribution in [-0.2, 0) is 16.2 Å². The first-order valence-electron chi connectivity index (χ1n) is 7.24. The Kier molecular flexibility index (Phi) is 5.32. The molecule has 2 atom stereocenters. The Labute approximate surface area is 132 Å². The predicted molar refractivity (Wildman–Crippen MR) is 76.5 cm³/mol. The molecule has 2 rings (SSSR count). The number of rotatable bonds is 4. The van der Waals surface area contributed by atoms with Crippen LogP contribution in [0, 0.1) is 11.7 Å². The lowest BCUT2D eigenvalue weighted by Gasteiger charge is -2.31. The van der Waals surface area contributed by atoms with Gasteiger partial charge in [0.1, 0.15) is 5.82 Å². The Morgan fingerprint density at radius 3 is 2.43 bits per heavy atom. The maximum Gasteiger partial charge on any atom is 0.419 e. The first-order valence-corrected chi connectivity index (χ1v) is 8.72. The SMILES string of the molecule is NCC1CCCCC1NS(=O)(=O)c1ccc(C(F)(F)F)c(F)c1. The van der Waals surface area contributed by atoms with E-state index in [0.717, 1.165) is 25.3 Å². The van der Waals surface area contributed by atoms with Gasteiger partial charge in [-0.15, -0.1) is 0 Å². The molecule has 1 aromatic rings. The van der Waals surface area contributed by atoms with Crippen LogP contribution >= 0.6 is 0 Å². The van der Waals surface area contributed by atoms with Gasteiger partial charge in [0.05, 0.1) is 10.5 Å². The van der Waals surface area contributed by atoms with Crippen molar-refractivity contribution in [3.8, 4) is 0 Å². The average molecular weight is 354 g/mol. The number of alkyl halides is 3. The van der Waals surface area contributed by atoms with Crippen LogP contribution in [0.15, 0.2) is 23.1 Å². The molecular formula is C14H18F4N2O2S. The van der Waals surface area contributed by atoms with Gasteiger partial charge in [-0.3, -0.25) is 0 Å². The molecule has 0 radical (unpaired) electrons. The molecule has 0 amide bonds. The Morgan fingerprint density at radius 1 is 1.22 bits per heavy atom. The quantitative estimate of drug-likeness (QED) is 0.817. The number of sulfonamides is 1. The zero-order valence-corrected chi connectivity index (χ0v) is 13.1. The van der Waals surface area contributed by atoms with Crippen molar-refractivity contribution in [3.05, 3.63) is 29.6 Å². The number of nitrogens with one attached hydrogen (secondary N) is 1. The molecule has 23 heavy (non-hydrogen) atoms. The van der Waals surface area contributed by atoms with E-state index in [-0.39, 0.29) is 12.0 Å². The monoisotopic (exact) mass is 354 g/mol. The number of hydrogen-bond acceptors (Lipinski definition) is 3. The van der Waals surface area contributed by atoms with Gasteiger partial charge in [0.2, 0.25) is 10.0 Å². The zero-order chi connectivity index (χ0) is 17.3. The normalized spacial score (nSPS) is 23.0. The fraction of sp³-hybridized carbons (Fsp3) is 0.571. The van der Waals surface area contributed by atoms with E-state index in [1.807, 2.05) is 0 Å². The van der Waals surface area contributed by atoms with Gasteiger partial charge >= 0.3 is 6.18 Å². The van der Waals surface area contributed by atoms with Crippen molar-refractivity contribution >= 4 is 10.0 Å². The van der Waals surface area contributed by atoms with E-state index < -0.39 is 32.5 Å². The molecular weight excluding hydrogens is 336 g/mol. The number of halogens is 4. The van der Waals surface area contributed by atoms with Crippen LogP contribution in [-0.4, -0.2) is 21.0 Å². The van der Waals surface area contributed by atoms with Crippen LogP contribution in [0.2, 0.25) is 0 Å². The van der Waals surface area contributed by atoms with E-state index in [1.165, 1.54) is 0 Å². The molecule has 0 heterocycles. The van der Waals surface area contributed by atoms with Crippen molar-refractivity contribution in [3.63, 3.8) is 0 Å². The first kappa shape index (κ1) is 18.2. The van der Waals surface area contributed by atoms with Gasteiger partial charge in [0.15, 0.2) is 0 Å². The Balaban J connectivity index is 2.24. The molecule has 0 bridgehead atoms. The fourth-order valence-corrected chi connectivity index (χ4v) is 4.16. The van der Waals surface area contributed by atoms with Crippen molar-refractivity contribution in [2.24, 2.45) is 11.7 Å². The summed E-state index contributed by atoms with van der Waals surface area (Å²) >= 11 is 0. The molecule has 1 aliphatic rings. The summed E-state index contributed by atoms with van der Waals surface area (Å²) in [7, 11) is -4.10. The predicted octanol–water partition coefficient (Wildman–Crippen LogP) is 2.64. The van der Waals surface area contributed by atoms with E-state index in [0.29, 0.717) is 25.1 Å². The summed E-state index contributed by atoms with van der Waals surface area (Å²) in [4.78, 5) is -0.524. The Hall–Kier alpha value is -1.19. The third-order valence-electron chi connectivity index (χ3n) is 4.07. The minimum absolute atomic E-state index is 0.0298. The molecule has 3 N–H and O–H groups in total. The molecule has 0 aromatic heterocycles. The van der Waals surface area contributed by atoms with Gasteiger partial charge in [-0.1, -0.05) is 12.8 Å². The number of nitrogens with two attached hydrogens (primary N) is 1. The standard InChI is InChI=1S/C14H18F4N2O2S/c15-12-7-10(5-6-11(12)14(16,17)18)23(21,22)20-13-4-2-1-3-9(13)8-19/h5-7,9,13,20H,1-4,8,19H2. The van der Waals surface area contributed by atoms with Gasteiger partial charge in [-0.2, -0.15) is 13.2 Å². The van der Waals surface area contributed by atoms with Crippen LogP contribution in [0.4, 0.5) is 17.6 Å². The minimum atomic E-state index is -4.87. The second kappa shape index (κ2) is 6.74. The lowest BCUT2D eigenvalue weighted by atomic mass is 9.85. The van der Waals surface area contributed by atoms with Crippen LogP contribution in [0.25, 0.3) is 0 Å². The van der Waals surface area contributed by atoms with E-state index >= 15 is 0 Å². The molecule has 1 aliphatic carbocycles. The summed E-state index contributed by atoms with van der Waals surface area (Å²) in [6, 6.07) is 1.20. The third-order valence-corrected chi connectivity index (χ3v) is 5.56. The summed E-state index contributed by atoms with van der Waals surface area (Å²) in [6.45, 7) is 0.314. The maximum absolute atomic E-state index is 13.6. The van der Waals surface area contributed by atoms with E-state index in [2.05, 4.69) is 4.72 Å². The van der Waals surface area contributed by atoms with Crippen LogP contribution in [0.3, 0.4) is 0 Å². The highest BCUT2D eigenvalue weighted by Gasteiger charge is 2.35. The zero-order valence-electron chi connectivity index (χ0n) is 12.2. The first-order chi connectivity index (χ1) is 10.6. The highest BCUT2D eigenvalue weighted by Crippen LogP contribution is 2.32. The van der Waals surface area contributed by atoms with E-state index in [4.69, 9.17) is 5.73 Å². The lowest BCUT2D eigenvalue weighted by Crippen LogP contribution is -2.44. The van der Waals surface area contributed by atoms with Crippen molar-refractivity contribution in [2.75, 3.05) is 6.54 Å². The average Bonchev–Trinajstić information content (AvgIpc) is 2.46. The summed E-state index contributed by atoms with van der Waals surface area (Å²) < 4.78 is 78.1. The Morgan fingerprint density at radius 2 is 1.87 bits per heavy atom. The van der Waals surface area contributed by atoms with Crippen LogP contribution < -0.4 is 10.5 Å². The van der Waals surface area contributed by atoms with E-state index in [1.54, 1.807) is 0 Å². The van der Waals surface area contributed by atoms with Crippen molar-refractivity contribution in [2.45, 2.75) is 42.8 Å². The summed E-state index contributed by atoms with van der Waals surface area (Å²) in [5.41, 5.74) is 4.13. The Bertz CT molecular complexity index is 661. The molecule has 1 saturated carbocycles. The van der Waals surface area contributed by atoms with Crippen molar-refractivity contribution < 1.29 is 26.0 Å². The smallest absolute Gasteiger partial charge is 0.330 e. The molecule has 130 valence electrons. The van der Waals surface area contributed by atoms with Gasteiger partial charge in [0.25, 0.3) is 0 Å². The molecule has 1 fully saturated rings.